The van der Waals surface area contributed by atoms with Crippen LogP contribution in [0.2, 0.25) is 5.02 Å². The number of fused-ring (bicyclic) bond motifs is 1. The first-order valence-electron chi connectivity index (χ1n) is 9.10. The second-order valence-corrected chi connectivity index (χ2v) is 7.23. The Hall–Kier alpha value is -3.37. The molecule has 0 radical (unpaired) electrons. The van der Waals surface area contributed by atoms with Crippen molar-refractivity contribution in [1.82, 2.24) is 0 Å². The van der Waals surface area contributed by atoms with Crippen LogP contribution in [0, 0.1) is 13.8 Å². The molecule has 0 aliphatic heterocycles. The van der Waals surface area contributed by atoms with Gasteiger partial charge in [-0.15, -0.1) is 0 Å². The number of halogens is 1. The van der Waals surface area contributed by atoms with E-state index in [4.69, 9.17) is 16.0 Å². The smallest absolute Gasteiger partial charge is 0.344 e. The van der Waals surface area contributed by atoms with E-state index in [-0.39, 0.29) is 11.4 Å². The molecule has 4 rings (SSSR count). The second-order valence-electron chi connectivity index (χ2n) is 6.86. The third kappa shape index (κ3) is 3.67. The van der Waals surface area contributed by atoms with Crippen molar-refractivity contribution in [3.8, 4) is 16.9 Å². The van der Waals surface area contributed by atoms with E-state index in [2.05, 4.69) is 4.99 Å². The Morgan fingerprint density at radius 2 is 1.76 bits per heavy atom. The third-order valence-electron chi connectivity index (χ3n) is 4.87. The average Bonchev–Trinajstić information content (AvgIpc) is 2.72. The van der Waals surface area contributed by atoms with Crippen molar-refractivity contribution in [3.63, 3.8) is 0 Å². The Balaban J connectivity index is 1.66. The van der Waals surface area contributed by atoms with E-state index < -0.39 is 0 Å². The van der Waals surface area contributed by atoms with Gasteiger partial charge in [-0.2, -0.15) is 0 Å². The van der Waals surface area contributed by atoms with Gasteiger partial charge in [0, 0.05) is 22.2 Å². The summed E-state index contributed by atoms with van der Waals surface area (Å²) in [6.07, 6.45) is 1.59. The molecule has 0 saturated heterocycles. The van der Waals surface area contributed by atoms with Crippen LogP contribution in [-0.2, 0) is 0 Å². The quantitative estimate of drug-likeness (QED) is 0.328. The Labute approximate surface area is 172 Å². The van der Waals surface area contributed by atoms with Crippen molar-refractivity contribution in [2.24, 2.45) is 4.99 Å². The van der Waals surface area contributed by atoms with Crippen LogP contribution >= 0.6 is 11.6 Å². The maximum Gasteiger partial charge on any atom is 0.344 e. The summed E-state index contributed by atoms with van der Waals surface area (Å²) in [7, 11) is 0. The molecule has 0 spiro atoms. The predicted octanol–water partition coefficient (Wildman–Crippen LogP) is 6.19. The summed E-state index contributed by atoms with van der Waals surface area (Å²) in [4.78, 5) is 16.8. The first kappa shape index (κ1) is 19.0. The van der Waals surface area contributed by atoms with Crippen LogP contribution in [-0.4, -0.2) is 11.3 Å². The van der Waals surface area contributed by atoms with Crippen LogP contribution in [0.1, 0.15) is 16.7 Å². The summed E-state index contributed by atoms with van der Waals surface area (Å²) in [5, 5.41) is 11.7. The number of nitrogens with zero attached hydrogens (tertiary/aromatic N) is 1. The largest absolute Gasteiger partial charge is 0.507 e. The summed E-state index contributed by atoms with van der Waals surface area (Å²) in [5.74, 6) is 0.138. The lowest BCUT2D eigenvalue weighted by molar-refractivity contribution is 0.473. The van der Waals surface area contributed by atoms with Gasteiger partial charge < -0.3 is 9.52 Å². The Kier molecular flexibility index (Phi) is 4.95. The minimum absolute atomic E-state index is 0.138. The molecule has 0 amide bonds. The third-order valence-corrected chi connectivity index (χ3v) is 5.45. The molecule has 4 nitrogen and oxygen atoms in total. The van der Waals surface area contributed by atoms with Gasteiger partial charge in [0.05, 0.1) is 11.3 Å². The molecule has 1 heterocycles. The number of aliphatic imine (C=N–C) groups is 1. The van der Waals surface area contributed by atoms with E-state index in [1.54, 1.807) is 18.3 Å². The molecule has 4 aromatic rings. The highest BCUT2D eigenvalue weighted by Crippen LogP contribution is 2.30. The summed E-state index contributed by atoms with van der Waals surface area (Å²) in [5.41, 5.74) is 4.30. The highest BCUT2D eigenvalue weighted by Gasteiger charge is 2.10. The molecule has 3 aromatic carbocycles. The van der Waals surface area contributed by atoms with Gasteiger partial charge in [0.25, 0.3) is 0 Å². The molecular weight excluding hydrogens is 386 g/mol. The number of hydrogen-bond donors (Lipinski definition) is 1. The first-order chi connectivity index (χ1) is 13.9. The number of aromatic hydroxyl groups is 1. The number of aryl methyl sites for hydroxylation is 1. The lowest BCUT2D eigenvalue weighted by Crippen LogP contribution is -2.02. The fourth-order valence-corrected chi connectivity index (χ4v) is 3.40. The Morgan fingerprint density at radius 1 is 1.03 bits per heavy atom. The molecule has 0 bridgehead atoms. The van der Waals surface area contributed by atoms with Crippen LogP contribution in [0.25, 0.3) is 22.1 Å². The summed E-state index contributed by atoms with van der Waals surface area (Å²) < 4.78 is 5.40. The second kappa shape index (κ2) is 7.57. The van der Waals surface area contributed by atoms with Gasteiger partial charge in [-0.1, -0.05) is 41.9 Å². The van der Waals surface area contributed by atoms with Gasteiger partial charge in [0.2, 0.25) is 0 Å². The zero-order valence-electron chi connectivity index (χ0n) is 15.9. The van der Waals surface area contributed by atoms with Crippen LogP contribution in [0.3, 0.4) is 0 Å². The van der Waals surface area contributed by atoms with Gasteiger partial charge in [-0.3, -0.25) is 4.99 Å². The molecule has 5 heteroatoms. The standard InChI is InChI=1S/C24H18ClNO3/c1-14-11-21(27)20(15(2)23(14)25)13-26-18-9-7-16(8-10-18)19-12-17-5-3-4-6-22(17)29-24(19)28/h3-13,27H,1-2H3. The van der Waals surface area contributed by atoms with E-state index in [9.17, 15) is 9.90 Å². The van der Waals surface area contributed by atoms with Gasteiger partial charge in [0.15, 0.2) is 0 Å². The summed E-state index contributed by atoms with van der Waals surface area (Å²) in [6.45, 7) is 3.69. The molecule has 0 saturated carbocycles. The zero-order chi connectivity index (χ0) is 20.5. The van der Waals surface area contributed by atoms with Gasteiger partial charge in [0.1, 0.15) is 11.3 Å². The van der Waals surface area contributed by atoms with Crippen LogP contribution in [0.4, 0.5) is 5.69 Å². The fourth-order valence-electron chi connectivity index (χ4n) is 3.24. The summed E-state index contributed by atoms with van der Waals surface area (Å²) >= 11 is 6.27. The maximum absolute atomic E-state index is 12.3. The van der Waals surface area contributed by atoms with E-state index in [1.807, 2.05) is 62.4 Å². The molecular formula is C24H18ClNO3. The lowest BCUT2D eigenvalue weighted by atomic mass is 10.0. The molecule has 0 fully saturated rings. The minimum atomic E-state index is -0.380. The zero-order valence-corrected chi connectivity index (χ0v) is 16.7. The number of phenols is 1. The summed E-state index contributed by atoms with van der Waals surface area (Å²) in [6, 6.07) is 18.1. The SMILES string of the molecule is Cc1cc(O)c(C=Nc2ccc(-c3cc4ccccc4oc3=O)cc2)c(C)c1Cl. The van der Waals surface area contributed by atoms with E-state index in [1.165, 1.54) is 0 Å². The molecule has 0 atom stereocenters. The molecule has 0 unspecified atom stereocenters. The molecule has 29 heavy (non-hydrogen) atoms. The highest BCUT2D eigenvalue weighted by atomic mass is 35.5. The normalized spacial score (nSPS) is 11.4. The van der Waals surface area contributed by atoms with E-state index >= 15 is 0 Å². The van der Waals surface area contributed by atoms with Crippen LogP contribution < -0.4 is 5.63 Å². The lowest BCUT2D eigenvalue weighted by Gasteiger charge is -2.08. The van der Waals surface area contributed by atoms with Crippen molar-refractivity contribution in [1.29, 1.82) is 0 Å². The first-order valence-corrected chi connectivity index (χ1v) is 9.48. The van der Waals surface area contributed by atoms with Crippen LogP contribution in [0.15, 0.2) is 74.9 Å². The topological polar surface area (TPSA) is 62.8 Å². The predicted molar refractivity (Wildman–Crippen MR) is 118 cm³/mol. The average molecular weight is 404 g/mol. The molecule has 0 aliphatic rings. The maximum atomic E-state index is 12.3. The number of phenolic OH excluding ortho intramolecular Hbond substituents is 1. The number of hydrogen-bond acceptors (Lipinski definition) is 4. The molecule has 144 valence electrons. The molecule has 1 N–H and O–H groups in total. The molecule has 0 aliphatic carbocycles. The number of benzene rings is 3. The van der Waals surface area contributed by atoms with Crippen molar-refractivity contribution < 1.29 is 9.52 Å². The monoisotopic (exact) mass is 403 g/mol. The van der Waals surface area contributed by atoms with Crippen molar-refractivity contribution in [3.05, 3.63) is 92.8 Å². The van der Waals surface area contributed by atoms with E-state index in [0.29, 0.717) is 27.4 Å². The minimum Gasteiger partial charge on any atom is -0.507 e. The van der Waals surface area contributed by atoms with Crippen molar-refractivity contribution >= 4 is 34.5 Å². The Bertz CT molecular complexity index is 1300. The van der Waals surface area contributed by atoms with E-state index in [0.717, 1.165) is 22.1 Å². The fraction of sp³-hybridized carbons (Fsp3) is 0.0833. The Morgan fingerprint density at radius 3 is 2.52 bits per heavy atom. The number of rotatable bonds is 3. The van der Waals surface area contributed by atoms with Crippen molar-refractivity contribution in [2.75, 3.05) is 0 Å². The molecule has 1 aromatic heterocycles. The number of para-hydroxylation sites is 1. The van der Waals surface area contributed by atoms with Gasteiger partial charge >= 0.3 is 5.63 Å². The van der Waals surface area contributed by atoms with Gasteiger partial charge in [-0.05, 0) is 60.9 Å². The van der Waals surface area contributed by atoms with Crippen molar-refractivity contribution in [2.45, 2.75) is 13.8 Å². The van der Waals surface area contributed by atoms with Gasteiger partial charge in [-0.25, -0.2) is 4.79 Å². The van der Waals surface area contributed by atoms with Crippen LogP contribution in [0.5, 0.6) is 5.75 Å². The highest BCUT2D eigenvalue weighted by molar-refractivity contribution is 6.32.